The van der Waals surface area contributed by atoms with Gasteiger partial charge in [0.25, 0.3) is 5.69 Å². The van der Waals surface area contributed by atoms with Gasteiger partial charge in [0, 0.05) is 41.9 Å². The Bertz CT molecular complexity index is 867. The molecule has 134 valence electrons. The van der Waals surface area contributed by atoms with E-state index in [0.29, 0.717) is 18.7 Å². The first-order valence-corrected chi connectivity index (χ1v) is 9.01. The molecule has 8 heteroatoms. The van der Waals surface area contributed by atoms with E-state index in [0.717, 1.165) is 16.1 Å². The van der Waals surface area contributed by atoms with Crippen molar-refractivity contribution in [1.29, 1.82) is 0 Å². The minimum absolute atomic E-state index is 0.0338. The molecule has 0 unspecified atom stereocenters. The first-order chi connectivity index (χ1) is 12.4. The summed E-state index contributed by atoms with van der Waals surface area (Å²) in [4.78, 5) is 36.6. The van der Waals surface area contributed by atoms with Crippen LogP contribution >= 0.6 is 11.8 Å². The highest BCUT2D eigenvalue weighted by atomic mass is 32.2. The molecule has 0 spiro atoms. The lowest BCUT2D eigenvalue weighted by Gasteiger charge is -2.17. The molecule has 0 saturated carbocycles. The summed E-state index contributed by atoms with van der Waals surface area (Å²) >= 11 is 1.41. The highest BCUT2D eigenvalue weighted by Crippen LogP contribution is 2.32. The van der Waals surface area contributed by atoms with E-state index >= 15 is 0 Å². The fraction of sp³-hybridized carbons (Fsp3) is 0.222. The largest absolute Gasteiger partial charge is 0.326 e. The summed E-state index contributed by atoms with van der Waals surface area (Å²) in [6.45, 7) is 1.99. The van der Waals surface area contributed by atoms with Crippen molar-refractivity contribution in [2.45, 2.75) is 18.2 Å². The van der Waals surface area contributed by atoms with Crippen LogP contribution in [-0.2, 0) is 16.0 Å². The zero-order chi connectivity index (χ0) is 18.7. The summed E-state index contributed by atoms with van der Waals surface area (Å²) in [5, 5.41) is 13.6. The van der Waals surface area contributed by atoms with Crippen molar-refractivity contribution >= 4 is 40.6 Å². The third-order valence-electron chi connectivity index (χ3n) is 4.01. The van der Waals surface area contributed by atoms with Crippen LogP contribution in [0.5, 0.6) is 0 Å². The average molecular weight is 371 g/mol. The Hall–Kier alpha value is -2.87. The van der Waals surface area contributed by atoms with Crippen LogP contribution in [-0.4, -0.2) is 29.0 Å². The lowest BCUT2D eigenvalue weighted by atomic mass is 10.1. The van der Waals surface area contributed by atoms with E-state index in [1.54, 1.807) is 23.1 Å². The summed E-state index contributed by atoms with van der Waals surface area (Å²) < 4.78 is 0. The Balaban J connectivity index is 1.61. The highest BCUT2D eigenvalue weighted by Gasteiger charge is 2.26. The standard InChI is InChI=1S/C18H17N3O4S/c1-12(22)19-14-2-5-16(6-3-14)26-11-18(23)20-9-8-13-10-15(21(24)25)4-7-17(13)20/h2-7,10H,8-9,11H2,1H3,(H,19,22). The second-order valence-electron chi connectivity index (χ2n) is 5.86. The summed E-state index contributed by atoms with van der Waals surface area (Å²) in [6.07, 6.45) is 0.624. The molecule has 0 aliphatic carbocycles. The quantitative estimate of drug-likeness (QED) is 0.495. The van der Waals surface area contributed by atoms with Gasteiger partial charge in [0.15, 0.2) is 0 Å². The van der Waals surface area contributed by atoms with E-state index in [1.165, 1.54) is 30.8 Å². The first kappa shape index (κ1) is 17.9. The van der Waals surface area contributed by atoms with Crippen LogP contribution in [0.4, 0.5) is 17.1 Å². The van der Waals surface area contributed by atoms with Crippen LogP contribution in [0.1, 0.15) is 12.5 Å². The maximum Gasteiger partial charge on any atom is 0.269 e. The number of nitrogens with one attached hydrogen (secondary N) is 1. The van der Waals surface area contributed by atoms with E-state index in [9.17, 15) is 19.7 Å². The molecule has 1 aliphatic heterocycles. The number of nitrogens with zero attached hydrogens (tertiary/aromatic N) is 2. The molecular weight excluding hydrogens is 354 g/mol. The van der Waals surface area contributed by atoms with Gasteiger partial charge in [0.1, 0.15) is 0 Å². The first-order valence-electron chi connectivity index (χ1n) is 8.02. The molecule has 7 nitrogen and oxygen atoms in total. The molecule has 2 aromatic rings. The SMILES string of the molecule is CC(=O)Nc1ccc(SCC(=O)N2CCc3cc([N+](=O)[O-])ccc32)cc1. The number of nitro groups is 1. The molecule has 1 heterocycles. The lowest BCUT2D eigenvalue weighted by Crippen LogP contribution is -2.30. The number of non-ortho nitro benzene ring substituents is 1. The molecule has 2 amide bonds. The molecule has 0 radical (unpaired) electrons. The number of fused-ring (bicyclic) bond motifs is 1. The van der Waals surface area contributed by atoms with Gasteiger partial charge in [0.2, 0.25) is 11.8 Å². The number of benzene rings is 2. The molecule has 1 aliphatic rings. The monoisotopic (exact) mass is 371 g/mol. The Morgan fingerprint density at radius 3 is 2.62 bits per heavy atom. The predicted octanol–water partition coefficient (Wildman–Crippen LogP) is 3.23. The number of nitro benzene ring substituents is 1. The summed E-state index contributed by atoms with van der Waals surface area (Å²) in [5.41, 5.74) is 2.34. The third-order valence-corrected chi connectivity index (χ3v) is 5.00. The van der Waals surface area contributed by atoms with Crippen molar-refractivity contribution in [3.63, 3.8) is 0 Å². The number of carbonyl (C=O) groups excluding carboxylic acids is 2. The fourth-order valence-electron chi connectivity index (χ4n) is 2.82. The van der Waals surface area contributed by atoms with Crippen molar-refractivity contribution in [2.75, 3.05) is 22.5 Å². The molecule has 0 aromatic heterocycles. The smallest absolute Gasteiger partial charge is 0.269 e. The Kier molecular flexibility index (Phi) is 5.22. The van der Waals surface area contributed by atoms with E-state index in [1.807, 2.05) is 12.1 Å². The maximum atomic E-state index is 12.5. The number of thioether (sulfide) groups is 1. The van der Waals surface area contributed by atoms with Crippen molar-refractivity contribution in [2.24, 2.45) is 0 Å². The lowest BCUT2D eigenvalue weighted by molar-refractivity contribution is -0.384. The van der Waals surface area contributed by atoms with Gasteiger partial charge in [-0.15, -0.1) is 11.8 Å². The summed E-state index contributed by atoms with van der Waals surface area (Å²) in [5.74, 6) is 0.109. The number of hydrogen-bond donors (Lipinski definition) is 1. The maximum absolute atomic E-state index is 12.5. The van der Waals surface area contributed by atoms with Crippen LogP contribution in [0.25, 0.3) is 0 Å². The van der Waals surface area contributed by atoms with Crippen LogP contribution < -0.4 is 10.2 Å². The van der Waals surface area contributed by atoms with Crippen molar-refractivity contribution in [1.82, 2.24) is 0 Å². The molecule has 2 aromatic carbocycles. The van der Waals surface area contributed by atoms with Gasteiger partial charge in [-0.3, -0.25) is 19.7 Å². The summed E-state index contributed by atoms with van der Waals surface area (Å²) in [6, 6.07) is 11.9. The second-order valence-corrected chi connectivity index (χ2v) is 6.91. The van der Waals surface area contributed by atoms with E-state index in [2.05, 4.69) is 5.32 Å². The van der Waals surface area contributed by atoms with Crippen LogP contribution in [0.15, 0.2) is 47.4 Å². The van der Waals surface area contributed by atoms with Crippen LogP contribution in [0, 0.1) is 10.1 Å². The normalized spacial score (nSPS) is 12.6. The van der Waals surface area contributed by atoms with Gasteiger partial charge in [-0.1, -0.05) is 0 Å². The number of amides is 2. The van der Waals surface area contributed by atoms with Crippen molar-refractivity contribution in [3.05, 3.63) is 58.1 Å². The minimum Gasteiger partial charge on any atom is -0.326 e. The van der Waals surface area contributed by atoms with Gasteiger partial charge in [-0.2, -0.15) is 0 Å². The van der Waals surface area contributed by atoms with Gasteiger partial charge >= 0.3 is 0 Å². The molecule has 0 bridgehead atoms. The number of carbonyl (C=O) groups is 2. The van der Waals surface area contributed by atoms with Gasteiger partial charge in [-0.05, 0) is 42.3 Å². The van der Waals surface area contributed by atoms with Crippen molar-refractivity contribution in [3.8, 4) is 0 Å². The molecule has 0 fully saturated rings. The third kappa shape index (κ3) is 4.02. The molecule has 26 heavy (non-hydrogen) atoms. The zero-order valence-corrected chi connectivity index (χ0v) is 14.9. The topological polar surface area (TPSA) is 92.6 Å². The Labute approximate surface area is 154 Å². The molecule has 1 N–H and O–H groups in total. The highest BCUT2D eigenvalue weighted by molar-refractivity contribution is 8.00. The second kappa shape index (κ2) is 7.57. The predicted molar refractivity (Wildman–Crippen MR) is 101 cm³/mol. The molecule has 0 atom stereocenters. The van der Waals surface area contributed by atoms with Crippen LogP contribution in [0.3, 0.4) is 0 Å². The van der Waals surface area contributed by atoms with Gasteiger partial charge < -0.3 is 10.2 Å². The minimum atomic E-state index is -0.425. The molecule has 3 rings (SSSR count). The van der Waals surface area contributed by atoms with Crippen LogP contribution in [0.2, 0.25) is 0 Å². The fourth-order valence-corrected chi connectivity index (χ4v) is 3.60. The van der Waals surface area contributed by atoms with E-state index in [4.69, 9.17) is 0 Å². The van der Waals surface area contributed by atoms with Crippen molar-refractivity contribution < 1.29 is 14.5 Å². The Morgan fingerprint density at radius 1 is 1.23 bits per heavy atom. The molecule has 0 saturated heterocycles. The van der Waals surface area contributed by atoms with E-state index < -0.39 is 4.92 Å². The number of anilines is 2. The summed E-state index contributed by atoms with van der Waals surface area (Å²) in [7, 11) is 0. The molecular formula is C18H17N3O4S. The van der Waals surface area contributed by atoms with Gasteiger partial charge in [-0.25, -0.2) is 0 Å². The van der Waals surface area contributed by atoms with Gasteiger partial charge in [0.05, 0.1) is 10.7 Å². The average Bonchev–Trinajstić information content (AvgIpc) is 3.03. The number of hydrogen-bond acceptors (Lipinski definition) is 5. The Morgan fingerprint density at radius 2 is 1.96 bits per heavy atom. The zero-order valence-electron chi connectivity index (χ0n) is 14.1. The van der Waals surface area contributed by atoms with E-state index in [-0.39, 0.29) is 23.3 Å². The number of rotatable bonds is 5.